The van der Waals surface area contributed by atoms with Crippen LogP contribution >= 0.6 is 0 Å². The number of hydrogen-bond acceptors (Lipinski definition) is 1. The minimum Gasteiger partial charge on any atom is -0.298 e. The van der Waals surface area contributed by atoms with E-state index in [4.69, 9.17) is 0 Å². The summed E-state index contributed by atoms with van der Waals surface area (Å²) in [6.07, 6.45) is 5.26. The van der Waals surface area contributed by atoms with Crippen LogP contribution in [0.1, 0.15) is 65.4 Å². The predicted octanol–water partition coefficient (Wildman–Crippen LogP) is 5.39. The van der Waals surface area contributed by atoms with Crippen molar-refractivity contribution in [2.24, 2.45) is 17.8 Å². The second kappa shape index (κ2) is 6.77. The molecule has 0 radical (unpaired) electrons. The molecule has 2 unspecified atom stereocenters. The average molecular weight is 286 g/mol. The Morgan fingerprint density at radius 1 is 1.00 bits per heavy atom. The summed E-state index contributed by atoms with van der Waals surface area (Å²) in [5.41, 5.74) is 0.939. The highest BCUT2D eigenvalue weighted by molar-refractivity contribution is 5.92. The molecule has 2 atom stereocenters. The van der Waals surface area contributed by atoms with Crippen molar-refractivity contribution in [3.05, 3.63) is 35.9 Å². The molecule has 1 aliphatic rings. The monoisotopic (exact) mass is 286 g/mol. The van der Waals surface area contributed by atoms with Crippen LogP contribution in [0.2, 0.25) is 0 Å². The molecule has 2 rings (SSSR count). The fourth-order valence-corrected chi connectivity index (χ4v) is 4.46. The molecular weight excluding hydrogens is 256 g/mol. The first-order valence-electron chi connectivity index (χ1n) is 8.63. The molecule has 1 saturated carbocycles. The first-order chi connectivity index (χ1) is 10.0. The number of rotatable bonds is 5. The fraction of sp³-hybridized carbons (Fsp3) is 0.650. The highest BCUT2D eigenvalue weighted by atomic mass is 16.1. The Labute approximate surface area is 130 Å². The lowest BCUT2D eigenvalue weighted by molar-refractivity contribution is -0.131. The van der Waals surface area contributed by atoms with Gasteiger partial charge in [0, 0.05) is 5.92 Å². The number of hydrogen-bond donors (Lipinski definition) is 0. The van der Waals surface area contributed by atoms with Crippen LogP contribution in [0, 0.1) is 17.8 Å². The number of ketones is 1. The summed E-state index contributed by atoms with van der Waals surface area (Å²) >= 11 is 0. The quantitative estimate of drug-likeness (QED) is 0.709. The van der Waals surface area contributed by atoms with Crippen molar-refractivity contribution in [2.45, 2.75) is 65.2 Å². The molecule has 1 fully saturated rings. The molecule has 0 heterocycles. The van der Waals surface area contributed by atoms with E-state index in [0.717, 1.165) is 25.7 Å². The smallest absolute Gasteiger partial charge is 0.146 e. The number of benzene rings is 1. The Morgan fingerprint density at radius 3 is 2.00 bits per heavy atom. The minimum absolute atomic E-state index is 0.254. The van der Waals surface area contributed by atoms with Gasteiger partial charge < -0.3 is 0 Å². The van der Waals surface area contributed by atoms with Crippen LogP contribution in [-0.2, 0) is 10.2 Å². The van der Waals surface area contributed by atoms with E-state index in [2.05, 4.69) is 52.0 Å². The zero-order valence-electron chi connectivity index (χ0n) is 14.1. The van der Waals surface area contributed by atoms with Gasteiger partial charge in [-0.2, -0.15) is 0 Å². The van der Waals surface area contributed by atoms with Crippen molar-refractivity contribution < 1.29 is 4.79 Å². The topological polar surface area (TPSA) is 17.1 Å². The molecule has 0 spiro atoms. The van der Waals surface area contributed by atoms with Gasteiger partial charge in [-0.1, -0.05) is 58.0 Å². The van der Waals surface area contributed by atoms with Gasteiger partial charge in [0.2, 0.25) is 0 Å². The Hall–Kier alpha value is -1.11. The predicted molar refractivity (Wildman–Crippen MR) is 89.4 cm³/mol. The van der Waals surface area contributed by atoms with E-state index in [1.165, 1.54) is 12.0 Å². The number of carbonyl (C=O) groups is 1. The number of Topliss-reactive ketones (excluding diaryl/α,β-unsaturated/α-hetero) is 1. The third-order valence-electron chi connectivity index (χ3n) is 5.55. The van der Waals surface area contributed by atoms with Crippen LogP contribution in [0.3, 0.4) is 0 Å². The second-order valence-corrected chi connectivity index (χ2v) is 7.13. The third kappa shape index (κ3) is 3.22. The van der Waals surface area contributed by atoms with Gasteiger partial charge in [0.1, 0.15) is 5.78 Å². The summed E-state index contributed by atoms with van der Waals surface area (Å²) in [6, 6.07) is 10.4. The maximum atomic E-state index is 13.4. The van der Waals surface area contributed by atoms with Crippen LogP contribution < -0.4 is 0 Å². The lowest BCUT2D eigenvalue weighted by Crippen LogP contribution is -2.41. The zero-order chi connectivity index (χ0) is 15.5. The average Bonchev–Trinajstić information content (AvgIpc) is 2.49. The van der Waals surface area contributed by atoms with Gasteiger partial charge >= 0.3 is 0 Å². The molecular formula is C20H30O. The normalized spacial score (nSPS) is 26.6. The Kier molecular flexibility index (Phi) is 5.24. The molecule has 1 aromatic rings. The van der Waals surface area contributed by atoms with Crippen molar-refractivity contribution in [2.75, 3.05) is 0 Å². The number of carbonyl (C=O) groups excluding carboxylic acids is 1. The van der Waals surface area contributed by atoms with E-state index >= 15 is 0 Å². The van der Waals surface area contributed by atoms with Crippen molar-refractivity contribution >= 4 is 5.78 Å². The van der Waals surface area contributed by atoms with Gasteiger partial charge in [-0.05, 0) is 49.5 Å². The van der Waals surface area contributed by atoms with Crippen LogP contribution in [-0.4, -0.2) is 5.78 Å². The lowest BCUT2D eigenvalue weighted by Gasteiger charge is -2.38. The van der Waals surface area contributed by atoms with Crippen molar-refractivity contribution in [3.8, 4) is 0 Å². The van der Waals surface area contributed by atoms with Crippen molar-refractivity contribution in [1.29, 1.82) is 0 Å². The van der Waals surface area contributed by atoms with Crippen LogP contribution in [0.15, 0.2) is 30.3 Å². The highest BCUT2D eigenvalue weighted by Gasteiger charge is 2.42. The molecule has 0 amide bonds. The lowest BCUT2D eigenvalue weighted by atomic mass is 9.64. The van der Waals surface area contributed by atoms with Gasteiger partial charge in [-0.3, -0.25) is 4.79 Å². The molecule has 0 N–H and O–H groups in total. The fourth-order valence-electron chi connectivity index (χ4n) is 4.46. The molecule has 0 aliphatic heterocycles. The molecule has 1 heteroatoms. The maximum Gasteiger partial charge on any atom is 0.146 e. The SMILES string of the molecule is CCC(CC)(C(=O)C1CC(C)CC(C)C1)c1ccccc1. The first-order valence-corrected chi connectivity index (χ1v) is 8.63. The Morgan fingerprint density at radius 2 is 1.52 bits per heavy atom. The molecule has 1 aliphatic carbocycles. The zero-order valence-corrected chi connectivity index (χ0v) is 14.1. The molecule has 116 valence electrons. The Bertz CT molecular complexity index is 448. The summed E-state index contributed by atoms with van der Waals surface area (Å²) in [4.78, 5) is 13.4. The van der Waals surface area contributed by atoms with Gasteiger partial charge in [0.25, 0.3) is 0 Å². The highest BCUT2D eigenvalue weighted by Crippen LogP contribution is 2.41. The van der Waals surface area contributed by atoms with Crippen LogP contribution in [0.5, 0.6) is 0 Å². The molecule has 1 aromatic carbocycles. The van der Waals surface area contributed by atoms with E-state index in [1.807, 2.05) is 6.07 Å². The van der Waals surface area contributed by atoms with E-state index in [1.54, 1.807) is 0 Å². The second-order valence-electron chi connectivity index (χ2n) is 7.13. The summed E-state index contributed by atoms with van der Waals surface area (Å²) in [5.74, 6) is 2.12. The maximum absolute atomic E-state index is 13.4. The summed E-state index contributed by atoms with van der Waals surface area (Å²) < 4.78 is 0. The Balaban J connectivity index is 2.31. The van der Waals surface area contributed by atoms with Gasteiger partial charge in [0.05, 0.1) is 5.41 Å². The summed E-state index contributed by atoms with van der Waals surface area (Å²) in [6.45, 7) is 8.95. The summed E-state index contributed by atoms with van der Waals surface area (Å²) in [5, 5.41) is 0. The molecule has 21 heavy (non-hydrogen) atoms. The molecule has 1 nitrogen and oxygen atoms in total. The molecule has 0 bridgehead atoms. The van der Waals surface area contributed by atoms with Crippen LogP contribution in [0.25, 0.3) is 0 Å². The molecule has 0 saturated heterocycles. The third-order valence-corrected chi connectivity index (χ3v) is 5.55. The van der Waals surface area contributed by atoms with Crippen molar-refractivity contribution in [3.63, 3.8) is 0 Å². The van der Waals surface area contributed by atoms with E-state index in [0.29, 0.717) is 17.6 Å². The van der Waals surface area contributed by atoms with Gasteiger partial charge in [-0.15, -0.1) is 0 Å². The van der Waals surface area contributed by atoms with Gasteiger partial charge in [0.15, 0.2) is 0 Å². The van der Waals surface area contributed by atoms with E-state index in [9.17, 15) is 4.79 Å². The minimum atomic E-state index is -0.275. The standard InChI is InChI=1S/C20H30O/c1-5-20(6-2,18-10-8-7-9-11-18)19(21)17-13-15(3)12-16(4)14-17/h7-11,15-17H,5-6,12-14H2,1-4H3. The van der Waals surface area contributed by atoms with E-state index < -0.39 is 0 Å². The summed E-state index contributed by atoms with van der Waals surface area (Å²) in [7, 11) is 0. The first kappa shape index (κ1) is 16.3. The van der Waals surface area contributed by atoms with E-state index in [-0.39, 0.29) is 11.3 Å². The van der Waals surface area contributed by atoms with Crippen molar-refractivity contribution in [1.82, 2.24) is 0 Å². The van der Waals surface area contributed by atoms with Crippen LogP contribution in [0.4, 0.5) is 0 Å². The largest absolute Gasteiger partial charge is 0.298 e. The van der Waals surface area contributed by atoms with Gasteiger partial charge in [-0.25, -0.2) is 0 Å². The molecule has 0 aromatic heterocycles.